The summed E-state index contributed by atoms with van der Waals surface area (Å²) in [6, 6.07) is 22.4. The van der Waals surface area contributed by atoms with E-state index >= 15 is 0 Å². The van der Waals surface area contributed by atoms with Crippen LogP contribution in [0.1, 0.15) is 0 Å². The van der Waals surface area contributed by atoms with Crippen LogP contribution >= 0.6 is 0 Å². The lowest BCUT2D eigenvalue weighted by Crippen LogP contribution is -1.97. The van der Waals surface area contributed by atoms with Crippen LogP contribution in [0.4, 0.5) is 0 Å². The molecule has 4 aromatic heterocycles. The summed E-state index contributed by atoms with van der Waals surface area (Å²) >= 11 is 0. The molecule has 0 amide bonds. The molecule has 5 heteroatoms. The SMILES string of the molecule is c1ccc(-n2c3ccccc3c3nnc4c5ccccc5[nH]c4c32)nc1. The normalized spacial score (nSPS) is 11.8. The van der Waals surface area contributed by atoms with E-state index in [4.69, 9.17) is 0 Å². The van der Waals surface area contributed by atoms with Gasteiger partial charge in [-0.25, -0.2) is 4.98 Å². The zero-order valence-electron chi connectivity index (χ0n) is 13.7. The molecule has 5 nitrogen and oxygen atoms in total. The molecule has 0 atom stereocenters. The van der Waals surface area contributed by atoms with Gasteiger partial charge in [0.2, 0.25) is 0 Å². The van der Waals surface area contributed by atoms with Gasteiger partial charge in [-0.05, 0) is 24.3 Å². The topological polar surface area (TPSA) is 59.4 Å². The third-order valence-corrected chi connectivity index (χ3v) is 4.89. The summed E-state index contributed by atoms with van der Waals surface area (Å²) in [5.41, 5.74) is 5.88. The summed E-state index contributed by atoms with van der Waals surface area (Å²) < 4.78 is 2.16. The molecule has 0 aliphatic carbocycles. The average Bonchev–Trinajstić information content (AvgIpc) is 3.24. The molecule has 26 heavy (non-hydrogen) atoms. The van der Waals surface area contributed by atoms with Crippen LogP contribution in [-0.2, 0) is 0 Å². The number of nitrogens with one attached hydrogen (secondary N) is 1. The Kier molecular flexibility index (Phi) is 2.55. The number of aromatic amines is 1. The van der Waals surface area contributed by atoms with E-state index in [0.717, 1.165) is 49.7 Å². The van der Waals surface area contributed by atoms with Gasteiger partial charge in [0.1, 0.15) is 22.4 Å². The quantitative estimate of drug-likeness (QED) is 0.477. The van der Waals surface area contributed by atoms with Crippen LogP contribution in [0, 0.1) is 0 Å². The Hall–Kier alpha value is -3.73. The van der Waals surface area contributed by atoms with Crippen molar-refractivity contribution in [3.63, 3.8) is 0 Å². The van der Waals surface area contributed by atoms with Gasteiger partial charge in [0.05, 0.1) is 11.0 Å². The first-order valence-electron chi connectivity index (χ1n) is 8.49. The molecular weight excluding hydrogens is 322 g/mol. The van der Waals surface area contributed by atoms with E-state index in [1.807, 2.05) is 48.7 Å². The number of hydrogen-bond acceptors (Lipinski definition) is 3. The van der Waals surface area contributed by atoms with Gasteiger partial charge in [-0.3, -0.25) is 4.57 Å². The standard InChI is InChI=1S/C21H13N5/c1-3-9-15-13(7-1)18-20(23-15)21-19(25-24-18)14-8-2-4-10-16(14)26(21)17-11-5-6-12-22-17/h1-12,23H. The first kappa shape index (κ1) is 13.5. The second-order valence-electron chi connectivity index (χ2n) is 6.33. The molecule has 0 aliphatic heterocycles. The van der Waals surface area contributed by atoms with Crippen LogP contribution in [0.3, 0.4) is 0 Å². The van der Waals surface area contributed by atoms with Gasteiger partial charge < -0.3 is 4.98 Å². The predicted octanol–water partition coefficient (Wildman–Crippen LogP) is 4.60. The molecule has 0 saturated heterocycles. The van der Waals surface area contributed by atoms with E-state index in [-0.39, 0.29) is 0 Å². The van der Waals surface area contributed by atoms with Gasteiger partial charge >= 0.3 is 0 Å². The van der Waals surface area contributed by atoms with Crippen molar-refractivity contribution in [1.82, 2.24) is 24.7 Å². The van der Waals surface area contributed by atoms with Crippen molar-refractivity contribution in [2.75, 3.05) is 0 Å². The maximum atomic E-state index is 4.59. The molecule has 0 spiro atoms. The molecule has 0 radical (unpaired) electrons. The zero-order valence-corrected chi connectivity index (χ0v) is 13.7. The van der Waals surface area contributed by atoms with Crippen LogP contribution in [0.15, 0.2) is 72.9 Å². The van der Waals surface area contributed by atoms with Crippen LogP contribution in [-0.4, -0.2) is 24.7 Å². The molecule has 6 rings (SSSR count). The number of para-hydroxylation sites is 2. The van der Waals surface area contributed by atoms with Crippen molar-refractivity contribution in [2.24, 2.45) is 0 Å². The fourth-order valence-corrected chi connectivity index (χ4v) is 3.78. The predicted molar refractivity (Wildman–Crippen MR) is 104 cm³/mol. The lowest BCUT2D eigenvalue weighted by molar-refractivity contribution is 1.07. The molecule has 2 aromatic carbocycles. The summed E-state index contributed by atoms with van der Waals surface area (Å²) in [5.74, 6) is 0.867. The first-order valence-corrected chi connectivity index (χ1v) is 8.49. The van der Waals surface area contributed by atoms with Crippen molar-refractivity contribution in [3.8, 4) is 5.82 Å². The minimum atomic E-state index is 0.867. The van der Waals surface area contributed by atoms with E-state index in [1.165, 1.54) is 0 Å². The van der Waals surface area contributed by atoms with Crippen molar-refractivity contribution < 1.29 is 0 Å². The minimum absolute atomic E-state index is 0.867. The van der Waals surface area contributed by atoms with E-state index in [1.54, 1.807) is 0 Å². The smallest absolute Gasteiger partial charge is 0.137 e. The maximum absolute atomic E-state index is 4.59. The van der Waals surface area contributed by atoms with E-state index in [0.29, 0.717) is 0 Å². The highest BCUT2D eigenvalue weighted by Crippen LogP contribution is 2.35. The highest BCUT2D eigenvalue weighted by atomic mass is 15.2. The summed E-state index contributed by atoms with van der Waals surface area (Å²) in [5, 5.41) is 11.3. The van der Waals surface area contributed by atoms with Gasteiger partial charge in [-0.15, -0.1) is 10.2 Å². The van der Waals surface area contributed by atoms with Crippen LogP contribution in [0.5, 0.6) is 0 Å². The Morgan fingerprint density at radius 1 is 0.731 bits per heavy atom. The highest BCUT2D eigenvalue weighted by molar-refractivity contribution is 6.19. The number of hydrogen-bond donors (Lipinski definition) is 1. The molecule has 122 valence electrons. The number of fused-ring (bicyclic) bond motifs is 7. The second-order valence-corrected chi connectivity index (χ2v) is 6.33. The first-order chi connectivity index (χ1) is 12.9. The van der Waals surface area contributed by atoms with Crippen LogP contribution < -0.4 is 0 Å². The Morgan fingerprint density at radius 2 is 1.50 bits per heavy atom. The number of aromatic nitrogens is 5. The fourth-order valence-electron chi connectivity index (χ4n) is 3.78. The molecule has 6 aromatic rings. The van der Waals surface area contributed by atoms with Gasteiger partial charge in [-0.1, -0.05) is 42.5 Å². The lowest BCUT2D eigenvalue weighted by atomic mass is 10.2. The maximum Gasteiger partial charge on any atom is 0.137 e. The van der Waals surface area contributed by atoms with E-state index in [9.17, 15) is 0 Å². The fraction of sp³-hybridized carbons (Fsp3) is 0. The number of pyridine rings is 1. The molecule has 0 unspecified atom stereocenters. The van der Waals surface area contributed by atoms with Crippen molar-refractivity contribution in [1.29, 1.82) is 0 Å². The zero-order chi connectivity index (χ0) is 17.1. The Morgan fingerprint density at radius 3 is 2.38 bits per heavy atom. The Balaban J connectivity index is 1.92. The molecule has 4 heterocycles. The molecular formula is C21H13N5. The van der Waals surface area contributed by atoms with Crippen LogP contribution in [0.25, 0.3) is 49.7 Å². The number of nitrogens with zero attached hydrogens (tertiary/aromatic N) is 4. The Bertz CT molecular complexity index is 1430. The van der Waals surface area contributed by atoms with Crippen molar-refractivity contribution >= 4 is 43.9 Å². The summed E-state index contributed by atoms with van der Waals surface area (Å²) in [4.78, 5) is 8.12. The lowest BCUT2D eigenvalue weighted by Gasteiger charge is -2.06. The van der Waals surface area contributed by atoms with Gasteiger partial charge in [0.25, 0.3) is 0 Å². The van der Waals surface area contributed by atoms with Gasteiger partial charge in [0.15, 0.2) is 0 Å². The third-order valence-electron chi connectivity index (χ3n) is 4.89. The molecule has 0 fully saturated rings. The highest BCUT2D eigenvalue weighted by Gasteiger charge is 2.19. The van der Waals surface area contributed by atoms with Crippen molar-refractivity contribution in [3.05, 3.63) is 72.9 Å². The third kappa shape index (κ3) is 1.66. The molecule has 0 saturated carbocycles. The second kappa shape index (κ2) is 4.89. The molecule has 0 aliphatic rings. The van der Waals surface area contributed by atoms with E-state index in [2.05, 4.69) is 49.0 Å². The van der Waals surface area contributed by atoms with Gasteiger partial charge in [0, 0.05) is 22.5 Å². The number of H-pyrrole nitrogens is 1. The monoisotopic (exact) mass is 335 g/mol. The Labute approximate surface area is 147 Å². The average molecular weight is 335 g/mol. The molecule has 1 N–H and O–H groups in total. The van der Waals surface area contributed by atoms with Gasteiger partial charge in [-0.2, -0.15) is 0 Å². The number of rotatable bonds is 1. The minimum Gasteiger partial charge on any atom is -0.351 e. The van der Waals surface area contributed by atoms with Crippen molar-refractivity contribution in [2.45, 2.75) is 0 Å². The summed E-state index contributed by atoms with van der Waals surface area (Å²) in [6.45, 7) is 0. The molecule has 0 bridgehead atoms. The van der Waals surface area contributed by atoms with E-state index < -0.39 is 0 Å². The summed E-state index contributed by atoms with van der Waals surface area (Å²) in [7, 11) is 0. The number of benzene rings is 2. The largest absolute Gasteiger partial charge is 0.351 e. The van der Waals surface area contributed by atoms with Crippen LogP contribution in [0.2, 0.25) is 0 Å². The summed E-state index contributed by atoms with van der Waals surface area (Å²) in [6.07, 6.45) is 1.81.